The first-order valence-electron chi connectivity index (χ1n) is 8.24. The third kappa shape index (κ3) is 4.99. The molecule has 27 heavy (non-hydrogen) atoms. The first kappa shape index (κ1) is 19.2. The molecule has 1 aromatic heterocycles. The van der Waals surface area contributed by atoms with Crippen LogP contribution >= 0.6 is 23.1 Å². The van der Waals surface area contributed by atoms with Gasteiger partial charge < -0.3 is 15.0 Å². The normalized spacial score (nSPS) is 11.7. The van der Waals surface area contributed by atoms with E-state index in [4.69, 9.17) is 4.74 Å². The van der Waals surface area contributed by atoms with Crippen molar-refractivity contribution >= 4 is 39.8 Å². The molecule has 140 valence electrons. The van der Waals surface area contributed by atoms with Gasteiger partial charge in [-0.25, -0.2) is 0 Å². The third-order valence-corrected chi connectivity index (χ3v) is 5.88. The molecule has 1 heterocycles. The summed E-state index contributed by atoms with van der Waals surface area (Å²) in [6.07, 6.45) is 0. The number of hydrogen-bond donors (Lipinski definition) is 1. The zero-order valence-electron chi connectivity index (χ0n) is 15.2. The van der Waals surface area contributed by atoms with E-state index in [9.17, 15) is 4.79 Å². The van der Waals surface area contributed by atoms with E-state index in [-0.39, 0.29) is 11.2 Å². The third-order valence-electron chi connectivity index (χ3n) is 3.71. The summed E-state index contributed by atoms with van der Waals surface area (Å²) >= 11 is 2.82. The van der Waals surface area contributed by atoms with E-state index in [0.29, 0.717) is 5.13 Å². The van der Waals surface area contributed by atoms with Gasteiger partial charge in [0.2, 0.25) is 11.0 Å². The van der Waals surface area contributed by atoms with Crippen molar-refractivity contribution in [2.24, 2.45) is 0 Å². The smallest absolute Gasteiger partial charge is 0.240 e. The van der Waals surface area contributed by atoms with Crippen molar-refractivity contribution in [1.82, 2.24) is 15.1 Å². The average Bonchev–Trinajstić information content (AvgIpc) is 3.13. The van der Waals surface area contributed by atoms with Crippen LogP contribution in [0.3, 0.4) is 0 Å². The summed E-state index contributed by atoms with van der Waals surface area (Å²) in [5.41, 5.74) is 1.81. The molecule has 0 radical (unpaired) electrons. The van der Waals surface area contributed by atoms with Crippen molar-refractivity contribution < 1.29 is 9.53 Å². The molecule has 0 aliphatic rings. The summed E-state index contributed by atoms with van der Waals surface area (Å²) in [4.78, 5) is 14.2. The van der Waals surface area contributed by atoms with Crippen molar-refractivity contribution in [3.63, 3.8) is 0 Å². The number of ether oxygens (including phenoxy) is 1. The number of thioether (sulfide) groups is 1. The van der Waals surface area contributed by atoms with Gasteiger partial charge in [0.05, 0.1) is 7.11 Å². The summed E-state index contributed by atoms with van der Waals surface area (Å²) in [5, 5.41) is 11.9. The van der Waals surface area contributed by atoms with Crippen LogP contribution in [0.25, 0.3) is 0 Å². The number of rotatable bonds is 7. The van der Waals surface area contributed by atoms with Crippen LogP contribution in [0.15, 0.2) is 58.9 Å². The van der Waals surface area contributed by atoms with Crippen molar-refractivity contribution in [3.05, 3.63) is 60.2 Å². The number of anilines is 2. The standard InChI is InChI=1S/C19H20N4O2S2/c1-23(2)17(24)16(13-8-5-4-6-9-13)26-19-22-21-18(27-19)20-14-10-7-11-15(12-14)25-3/h4-12,16H,1-3H3,(H,20,21). The van der Waals surface area contributed by atoms with Gasteiger partial charge in [0.1, 0.15) is 11.0 Å². The van der Waals surface area contributed by atoms with Crippen molar-refractivity contribution in [3.8, 4) is 5.75 Å². The molecule has 0 bridgehead atoms. The maximum absolute atomic E-state index is 12.6. The second kappa shape index (κ2) is 8.88. The number of aromatic nitrogens is 2. The van der Waals surface area contributed by atoms with Gasteiger partial charge in [0, 0.05) is 25.8 Å². The molecule has 0 saturated heterocycles. The van der Waals surface area contributed by atoms with Gasteiger partial charge in [-0.1, -0.05) is 59.5 Å². The minimum Gasteiger partial charge on any atom is -0.497 e. The highest BCUT2D eigenvalue weighted by Crippen LogP contribution is 2.39. The fourth-order valence-electron chi connectivity index (χ4n) is 2.36. The van der Waals surface area contributed by atoms with E-state index in [1.165, 1.54) is 23.1 Å². The molecule has 0 aliphatic heterocycles. The molecule has 0 aliphatic carbocycles. The van der Waals surface area contributed by atoms with Crippen molar-refractivity contribution in [2.75, 3.05) is 26.5 Å². The van der Waals surface area contributed by atoms with Crippen LogP contribution in [0, 0.1) is 0 Å². The lowest BCUT2D eigenvalue weighted by atomic mass is 10.1. The Balaban J connectivity index is 1.76. The summed E-state index contributed by atoms with van der Waals surface area (Å²) in [6, 6.07) is 17.3. The summed E-state index contributed by atoms with van der Waals surface area (Å²) in [5.74, 6) is 0.781. The predicted molar refractivity (Wildman–Crippen MR) is 110 cm³/mol. The van der Waals surface area contributed by atoms with E-state index in [1.807, 2.05) is 54.6 Å². The number of benzene rings is 2. The number of likely N-dealkylation sites (N-methyl/N-ethyl adjacent to an activating group) is 1. The zero-order valence-corrected chi connectivity index (χ0v) is 16.9. The lowest BCUT2D eigenvalue weighted by Gasteiger charge is -2.19. The summed E-state index contributed by atoms with van der Waals surface area (Å²) in [7, 11) is 5.15. The molecule has 1 atom stereocenters. The predicted octanol–water partition coefficient (Wildman–Crippen LogP) is 4.21. The Kier molecular flexibility index (Phi) is 6.31. The SMILES string of the molecule is COc1cccc(Nc2nnc(SC(C(=O)N(C)C)c3ccccc3)s2)c1. The molecule has 1 amide bonds. The van der Waals surface area contributed by atoms with E-state index in [0.717, 1.165) is 21.3 Å². The monoisotopic (exact) mass is 400 g/mol. The van der Waals surface area contributed by atoms with Crippen LogP contribution in [-0.4, -0.2) is 42.2 Å². The second-order valence-electron chi connectivity index (χ2n) is 5.87. The number of hydrogen-bond acceptors (Lipinski definition) is 7. The zero-order chi connectivity index (χ0) is 19.2. The molecule has 0 spiro atoms. The number of carbonyl (C=O) groups excluding carboxylic acids is 1. The second-order valence-corrected chi connectivity index (χ2v) is 8.20. The number of amides is 1. The lowest BCUT2D eigenvalue weighted by Crippen LogP contribution is -2.26. The maximum atomic E-state index is 12.6. The quantitative estimate of drug-likeness (QED) is 0.599. The largest absolute Gasteiger partial charge is 0.497 e. The van der Waals surface area contributed by atoms with Gasteiger partial charge >= 0.3 is 0 Å². The Hall–Kier alpha value is -2.58. The number of methoxy groups -OCH3 is 1. The average molecular weight is 401 g/mol. The van der Waals surface area contributed by atoms with Gasteiger partial charge in [0.25, 0.3) is 0 Å². The lowest BCUT2D eigenvalue weighted by molar-refractivity contribution is -0.128. The maximum Gasteiger partial charge on any atom is 0.240 e. The minimum atomic E-state index is -0.362. The molecular formula is C19H20N4O2S2. The summed E-state index contributed by atoms with van der Waals surface area (Å²) in [6.45, 7) is 0. The molecule has 1 N–H and O–H groups in total. The number of carbonyl (C=O) groups is 1. The topological polar surface area (TPSA) is 67.3 Å². The fraction of sp³-hybridized carbons (Fsp3) is 0.211. The first-order chi connectivity index (χ1) is 13.1. The van der Waals surface area contributed by atoms with E-state index in [2.05, 4.69) is 15.5 Å². The van der Waals surface area contributed by atoms with Gasteiger partial charge in [-0.3, -0.25) is 4.79 Å². The molecule has 6 nitrogen and oxygen atoms in total. The van der Waals surface area contributed by atoms with Crippen molar-refractivity contribution in [2.45, 2.75) is 9.59 Å². The van der Waals surface area contributed by atoms with Crippen LogP contribution in [0.1, 0.15) is 10.8 Å². The van der Waals surface area contributed by atoms with Gasteiger partial charge in [-0.15, -0.1) is 10.2 Å². The van der Waals surface area contributed by atoms with Crippen molar-refractivity contribution in [1.29, 1.82) is 0 Å². The fourth-order valence-corrected chi connectivity index (χ4v) is 4.47. The van der Waals surface area contributed by atoms with Crippen LogP contribution in [0.5, 0.6) is 5.75 Å². The van der Waals surface area contributed by atoms with Crippen LogP contribution in [0.2, 0.25) is 0 Å². The Bertz CT molecular complexity index is 899. The Morgan fingerprint density at radius 2 is 1.93 bits per heavy atom. The van der Waals surface area contributed by atoms with E-state index >= 15 is 0 Å². The number of nitrogens with zero attached hydrogens (tertiary/aromatic N) is 3. The highest BCUT2D eigenvalue weighted by molar-refractivity contribution is 8.01. The number of nitrogens with one attached hydrogen (secondary N) is 1. The minimum absolute atomic E-state index is 0.0173. The van der Waals surface area contributed by atoms with Gasteiger partial charge in [0.15, 0.2) is 4.34 Å². The van der Waals surface area contributed by atoms with E-state index < -0.39 is 0 Å². The van der Waals surface area contributed by atoms with Gasteiger partial charge in [-0.2, -0.15) is 0 Å². The van der Waals surface area contributed by atoms with E-state index in [1.54, 1.807) is 26.1 Å². The molecule has 0 saturated carbocycles. The molecular weight excluding hydrogens is 380 g/mol. The van der Waals surface area contributed by atoms with Gasteiger partial charge in [-0.05, 0) is 17.7 Å². The Morgan fingerprint density at radius 3 is 2.63 bits per heavy atom. The summed E-state index contributed by atoms with van der Waals surface area (Å²) < 4.78 is 5.96. The molecule has 0 fully saturated rings. The molecule has 1 unspecified atom stereocenters. The Labute approximate surface area is 166 Å². The molecule has 8 heteroatoms. The van der Waals surface area contributed by atoms with Crippen LogP contribution < -0.4 is 10.1 Å². The molecule has 3 rings (SSSR count). The molecule has 3 aromatic rings. The highest BCUT2D eigenvalue weighted by Gasteiger charge is 2.25. The highest BCUT2D eigenvalue weighted by atomic mass is 32.2. The molecule has 2 aromatic carbocycles. The first-order valence-corrected chi connectivity index (χ1v) is 9.94. The van der Waals surface area contributed by atoms with Crippen LogP contribution in [0.4, 0.5) is 10.8 Å². The van der Waals surface area contributed by atoms with Crippen LogP contribution in [-0.2, 0) is 4.79 Å². The Morgan fingerprint density at radius 1 is 1.15 bits per heavy atom.